The summed E-state index contributed by atoms with van der Waals surface area (Å²) in [6.07, 6.45) is 1.41. The van der Waals surface area contributed by atoms with E-state index in [1.807, 2.05) is 0 Å². The van der Waals surface area contributed by atoms with Gasteiger partial charge in [0.25, 0.3) is 0 Å². The highest BCUT2D eigenvalue weighted by Crippen LogP contribution is 2.36. The molecule has 2 atom stereocenters. The Morgan fingerprint density at radius 2 is 2.19 bits per heavy atom. The summed E-state index contributed by atoms with van der Waals surface area (Å²) >= 11 is 4.48. The van der Waals surface area contributed by atoms with Gasteiger partial charge in [0, 0.05) is 52.8 Å². The topological polar surface area (TPSA) is 114 Å². The Hall–Kier alpha value is -3.38. The number of aryl methyl sites for hydroxylation is 1. The number of nitrogens with two attached hydrogens (primary N) is 1. The lowest BCUT2D eigenvalue weighted by Gasteiger charge is -2.24. The quantitative estimate of drug-likeness (QED) is 0.504. The molecular formula is C22H21FN6OS. The fraction of sp³-hybridized carbons (Fsp3) is 0.273. The van der Waals surface area contributed by atoms with Crippen molar-refractivity contribution < 1.29 is 9.13 Å². The standard InChI is InChI=1S/C22H21FN6OS/c1-11-16-7-14(23)3-4-15(16)21(25)13(10-31)5-18-20(17(8-24)28-29(18)2)12-6-19(30-11)22(26)27-9-12/h3-4,6-7,9,11,13,25,31H,5,10H2,1-2H3,(H2,26,27)/t11-,13?/m1/s1. The van der Waals surface area contributed by atoms with E-state index in [0.717, 1.165) is 5.69 Å². The number of benzene rings is 1. The van der Waals surface area contributed by atoms with Crippen LogP contribution >= 0.6 is 12.6 Å². The van der Waals surface area contributed by atoms with Gasteiger partial charge in [-0.1, -0.05) is 0 Å². The first kappa shape index (κ1) is 20.9. The minimum atomic E-state index is -0.589. The highest BCUT2D eigenvalue weighted by atomic mass is 32.1. The van der Waals surface area contributed by atoms with Gasteiger partial charge in [-0.3, -0.25) is 4.68 Å². The maximum absolute atomic E-state index is 14.1. The monoisotopic (exact) mass is 436 g/mol. The van der Waals surface area contributed by atoms with Crippen LogP contribution in [0, 0.1) is 28.5 Å². The van der Waals surface area contributed by atoms with Gasteiger partial charge < -0.3 is 15.9 Å². The average Bonchev–Trinajstić information content (AvgIpc) is 3.07. The Balaban J connectivity index is 2.00. The van der Waals surface area contributed by atoms with Crippen LogP contribution in [0.4, 0.5) is 10.2 Å². The minimum absolute atomic E-state index is 0.179. The number of nitrogens with zero attached hydrogens (tertiary/aromatic N) is 4. The summed E-state index contributed by atoms with van der Waals surface area (Å²) in [6.45, 7) is 1.77. The van der Waals surface area contributed by atoms with Crippen LogP contribution in [0.1, 0.15) is 35.5 Å². The molecule has 0 radical (unpaired) electrons. The van der Waals surface area contributed by atoms with E-state index in [0.29, 0.717) is 45.9 Å². The fourth-order valence-electron chi connectivity index (χ4n) is 3.94. The molecule has 2 aromatic heterocycles. The first-order valence-corrected chi connectivity index (χ1v) is 10.3. The zero-order valence-electron chi connectivity index (χ0n) is 17.1. The van der Waals surface area contributed by atoms with Crippen molar-refractivity contribution in [1.82, 2.24) is 14.8 Å². The molecule has 0 fully saturated rings. The van der Waals surface area contributed by atoms with Crippen LogP contribution in [0.15, 0.2) is 30.5 Å². The van der Waals surface area contributed by atoms with Crippen molar-refractivity contribution in [2.24, 2.45) is 13.0 Å². The molecule has 2 bridgehead atoms. The number of hydrogen-bond donors (Lipinski definition) is 3. The molecule has 1 aromatic carbocycles. The number of nitrogen functional groups attached to an aromatic ring is 1. The lowest BCUT2D eigenvalue weighted by molar-refractivity contribution is 0.227. The number of hydrogen-bond acceptors (Lipinski definition) is 7. The summed E-state index contributed by atoms with van der Waals surface area (Å²) in [6, 6.07) is 8.18. The highest BCUT2D eigenvalue weighted by molar-refractivity contribution is 7.80. The first-order valence-electron chi connectivity index (χ1n) is 9.71. The van der Waals surface area contributed by atoms with Crippen molar-refractivity contribution >= 4 is 24.2 Å². The number of anilines is 1. The predicted octanol–water partition coefficient (Wildman–Crippen LogP) is 3.69. The van der Waals surface area contributed by atoms with Crippen molar-refractivity contribution in [3.05, 3.63) is 58.8 Å². The van der Waals surface area contributed by atoms with Gasteiger partial charge in [0.1, 0.15) is 18.0 Å². The zero-order valence-corrected chi connectivity index (χ0v) is 17.9. The Bertz CT molecular complexity index is 1230. The summed E-state index contributed by atoms with van der Waals surface area (Å²) in [5, 5.41) is 22.9. The second kappa shape index (κ2) is 8.04. The molecular weight excluding hydrogens is 415 g/mol. The Kier molecular flexibility index (Phi) is 5.41. The lowest BCUT2D eigenvalue weighted by Crippen LogP contribution is -2.23. The second-order valence-electron chi connectivity index (χ2n) is 7.50. The van der Waals surface area contributed by atoms with Crippen molar-refractivity contribution in [3.8, 4) is 22.9 Å². The van der Waals surface area contributed by atoms with Crippen LogP contribution in [0.3, 0.4) is 0 Å². The van der Waals surface area contributed by atoms with Gasteiger partial charge >= 0.3 is 0 Å². The molecule has 7 nitrogen and oxygen atoms in total. The molecule has 158 valence electrons. The fourth-order valence-corrected chi connectivity index (χ4v) is 4.25. The van der Waals surface area contributed by atoms with Crippen molar-refractivity contribution in [3.63, 3.8) is 0 Å². The number of nitrogens with one attached hydrogen (secondary N) is 1. The molecule has 0 amide bonds. The van der Waals surface area contributed by atoms with Crippen LogP contribution in [-0.2, 0) is 13.5 Å². The maximum atomic E-state index is 14.1. The van der Waals surface area contributed by atoms with Crippen LogP contribution in [-0.4, -0.2) is 26.2 Å². The first-order chi connectivity index (χ1) is 14.8. The van der Waals surface area contributed by atoms with Gasteiger partial charge in [0.05, 0.1) is 0 Å². The molecule has 0 spiro atoms. The Labute approximate surface area is 184 Å². The van der Waals surface area contributed by atoms with E-state index < -0.39 is 11.9 Å². The molecule has 0 aliphatic carbocycles. The van der Waals surface area contributed by atoms with Gasteiger partial charge in [-0.2, -0.15) is 23.0 Å². The number of halogens is 1. The van der Waals surface area contributed by atoms with E-state index >= 15 is 0 Å². The van der Waals surface area contributed by atoms with Gasteiger partial charge in [0.2, 0.25) is 0 Å². The minimum Gasteiger partial charge on any atom is -0.482 e. The third-order valence-corrected chi connectivity index (χ3v) is 6.00. The second-order valence-corrected chi connectivity index (χ2v) is 7.87. The Morgan fingerprint density at radius 3 is 2.90 bits per heavy atom. The van der Waals surface area contributed by atoms with E-state index in [1.54, 1.807) is 37.0 Å². The van der Waals surface area contributed by atoms with Crippen LogP contribution < -0.4 is 10.5 Å². The molecule has 0 saturated carbocycles. The number of aromatic nitrogens is 3. The molecule has 3 N–H and O–H groups in total. The number of rotatable bonds is 1. The van der Waals surface area contributed by atoms with Crippen molar-refractivity contribution in [2.75, 3.05) is 11.5 Å². The highest BCUT2D eigenvalue weighted by Gasteiger charge is 2.28. The summed E-state index contributed by atoms with van der Waals surface area (Å²) in [5.74, 6) is 0.183. The van der Waals surface area contributed by atoms with Crippen molar-refractivity contribution in [1.29, 1.82) is 10.7 Å². The summed E-state index contributed by atoms with van der Waals surface area (Å²) in [5.41, 5.74) is 9.80. The molecule has 31 heavy (non-hydrogen) atoms. The van der Waals surface area contributed by atoms with Gasteiger partial charge in [-0.15, -0.1) is 0 Å². The molecule has 3 heterocycles. The Morgan fingerprint density at radius 1 is 1.42 bits per heavy atom. The predicted molar refractivity (Wildman–Crippen MR) is 119 cm³/mol. The molecule has 1 unspecified atom stereocenters. The van der Waals surface area contributed by atoms with E-state index in [-0.39, 0.29) is 17.4 Å². The average molecular weight is 437 g/mol. The largest absolute Gasteiger partial charge is 0.482 e. The van der Waals surface area contributed by atoms with E-state index in [4.69, 9.17) is 15.9 Å². The van der Waals surface area contributed by atoms with Crippen LogP contribution in [0.5, 0.6) is 5.75 Å². The summed E-state index contributed by atoms with van der Waals surface area (Å²) in [7, 11) is 1.76. The van der Waals surface area contributed by atoms with E-state index in [9.17, 15) is 9.65 Å². The molecule has 1 aliphatic heterocycles. The maximum Gasteiger partial charge on any atom is 0.170 e. The molecule has 3 aromatic rings. The number of ether oxygens (including phenoxy) is 1. The molecule has 9 heteroatoms. The van der Waals surface area contributed by atoms with Gasteiger partial charge in [0.15, 0.2) is 17.3 Å². The van der Waals surface area contributed by atoms with Gasteiger partial charge in [-0.05, 0) is 43.4 Å². The number of thiol groups is 1. The SMILES string of the molecule is C[C@H]1Oc2cc(cnc2N)-c2c(C#N)nn(C)c2CC(CS)C(=N)c2ccc(F)cc21. The van der Waals surface area contributed by atoms with Crippen LogP contribution in [0.25, 0.3) is 11.1 Å². The third kappa shape index (κ3) is 3.64. The normalized spacial score (nSPS) is 18.1. The smallest absolute Gasteiger partial charge is 0.170 e. The van der Waals surface area contributed by atoms with Crippen molar-refractivity contribution in [2.45, 2.75) is 19.4 Å². The number of fused-ring (bicyclic) bond motifs is 5. The molecule has 1 aliphatic rings. The molecule has 4 rings (SSSR count). The van der Waals surface area contributed by atoms with E-state index in [2.05, 4.69) is 28.8 Å². The summed E-state index contributed by atoms with van der Waals surface area (Å²) < 4.78 is 21.8. The number of nitriles is 1. The lowest BCUT2D eigenvalue weighted by atomic mass is 9.88. The third-order valence-electron chi connectivity index (χ3n) is 5.56. The number of pyridine rings is 1. The van der Waals surface area contributed by atoms with E-state index in [1.165, 1.54) is 12.1 Å². The van der Waals surface area contributed by atoms with Gasteiger partial charge in [-0.25, -0.2) is 9.37 Å². The molecule has 0 saturated heterocycles. The summed E-state index contributed by atoms with van der Waals surface area (Å²) in [4.78, 5) is 4.25. The van der Waals surface area contributed by atoms with Crippen LogP contribution in [0.2, 0.25) is 0 Å². The zero-order chi connectivity index (χ0) is 22.3.